The first-order valence-corrected chi connectivity index (χ1v) is 12.6. The fraction of sp³-hybridized carbons (Fsp3) is 0.593. The lowest BCUT2D eigenvalue weighted by Crippen LogP contribution is -2.57. The number of hydrogen-bond acceptors (Lipinski definition) is 5. The number of ether oxygens (including phenoxy) is 1. The highest BCUT2D eigenvalue weighted by Gasteiger charge is 2.58. The van der Waals surface area contributed by atoms with Crippen LogP contribution in [0.4, 0.5) is 0 Å². The predicted molar refractivity (Wildman–Crippen MR) is 128 cm³/mol. The molecule has 0 aromatic heterocycles. The highest BCUT2D eigenvalue weighted by atomic mass is 32.2. The first-order chi connectivity index (χ1) is 15.2. The van der Waals surface area contributed by atoms with Crippen LogP contribution in [-0.4, -0.2) is 40.8 Å². The minimum Gasteiger partial charge on any atom is -0.458 e. The van der Waals surface area contributed by atoms with Crippen LogP contribution in [0.5, 0.6) is 0 Å². The number of rotatable bonds is 6. The van der Waals surface area contributed by atoms with Crippen LogP contribution < -0.4 is 0 Å². The van der Waals surface area contributed by atoms with Crippen molar-refractivity contribution in [1.82, 2.24) is 0 Å². The van der Waals surface area contributed by atoms with Crippen molar-refractivity contribution in [1.29, 1.82) is 0 Å². The Kier molecular flexibility index (Phi) is 6.63. The van der Waals surface area contributed by atoms with Gasteiger partial charge in [-0.2, -0.15) is 0 Å². The molecule has 174 valence electrons. The number of esters is 1. The molecule has 2 N–H and O–H groups in total. The van der Waals surface area contributed by atoms with Crippen LogP contribution in [0.25, 0.3) is 0 Å². The molecule has 0 saturated heterocycles. The number of carbonyl (C=O) groups is 1. The number of benzene rings is 1. The monoisotopic (exact) mass is 456 g/mol. The highest BCUT2D eigenvalue weighted by Crippen LogP contribution is 2.62. The van der Waals surface area contributed by atoms with Gasteiger partial charge in [0.25, 0.3) is 0 Å². The molecule has 2 saturated carbocycles. The van der Waals surface area contributed by atoms with Gasteiger partial charge in [0.15, 0.2) is 0 Å². The molecule has 1 unspecified atom stereocenters. The zero-order valence-electron chi connectivity index (χ0n) is 19.5. The van der Waals surface area contributed by atoms with E-state index < -0.39 is 11.5 Å². The van der Waals surface area contributed by atoms with E-state index in [9.17, 15) is 15.0 Å². The summed E-state index contributed by atoms with van der Waals surface area (Å²) in [5.74, 6) is 0.225. The maximum absolute atomic E-state index is 12.5. The number of hydrogen-bond donors (Lipinski definition) is 2. The van der Waals surface area contributed by atoms with Crippen molar-refractivity contribution in [3.8, 4) is 0 Å². The third kappa shape index (κ3) is 4.08. The number of aliphatic hydroxyl groups excluding tert-OH is 2. The topological polar surface area (TPSA) is 66.8 Å². The van der Waals surface area contributed by atoms with Gasteiger partial charge in [-0.25, -0.2) is 4.79 Å². The highest BCUT2D eigenvalue weighted by molar-refractivity contribution is 8.00. The Morgan fingerprint density at radius 1 is 1.25 bits per heavy atom. The van der Waals surface area contributed by atoms with Gasteiger partial charge in [0, 0.05) is 21.1 Å². The molecule has 1 aromatic rings. The first-order valence-electron chi connectivity index (χ1n) is 11.8. The molecule has 1 heterocycles. The molecule has 0 bridgehead atoms. The molecular weight excluding hydrogens is 420 g/mol. The Morgan fingerprint density at radius 3 is 2.59 bits per heavy atom. The van der Waals surface area contributed by atoms with Crippen LogP contribution >= 0.6 is 11.8 Å². The largest absolute Gasteiger partial charge is 0.458 e. The standard InChI is InChI=1S/C27H36O4S/c1-17-5-8-19(9-6-17)32-22(20-12-14-31-25(20)30)15-21-18(2)7-10-23-26(21,3)13-11-24(29)27(23,4)16-28/h5-6,8-9,12,21-24,28-29H,2,7,10-11,13-16H2,1,3-4H3/t21-,22?,23+,24-,26+,27+/m1/s1. The Labute approximate surface area is 196 Å². The van der Waals surface area contributed by atoms with Gasteiger partial charge in [0.05, 0.1) is 12.7 Å². The lowest BCUT2D eigenvalue weighted by atomic mass is 9.46. The lowest BCUT2D eigenvalue weighted by Gasteiger charge is -2.60. The zero-order chi connectivity index (χ0) is 23.1. The fourth-order valence-electron chi connectivity index (χ4n) is 6.51. The SMILES string of the molecule is C=C1CC[C@@H]2[C@](C)(CO)[C@H](O)CC[C@@]2(C)[C@@H]1CC(Sc1ccc(C)cc1)C1=CCOC1=O. The average molecular weight is 457 g/mol. The van der Waals surface area contributed by atoms with Crippen molar-refractivity contribution in [2.24, 2.45) is 22.7 Å². The summed E-state index contributed by atoms with van der Waals surface area (Å²) >= 11 is 1.73. The molecule has 5 heteroatoms. The molecule has 0 amide bonds. The van der Waals surface area contributed by atoms with Gasteiger partial charge >= 0.3 is 5.97 Å². The normalized spacial score (nSPS) is 35.8. The van der Waals surface area contributed by atoms with Crippen molar-refractivity contribution in [3.05, 3.63) is 53.6 Å². The minimum absolute atomic E-state index is 0.00730. The van der Waals surface area contributed by atoms with E-state index >= 15 is 0 Å². The van der Waals surface area contributed by atoms with Gasteiger partial charge in [-0.1, -0.05) is 43.7 Å². The van der Waals surface area contributed by atoms with Gasteiger partial charge in [0.1, 0.15) is 6.61 Å². The number of allylic oxidation sites excluding steroid dienone is 1. The molecule has 0 radical (unpaired) electrons. The van der Waals surface area contributed by atoms with Crippen LogP contribution in [0.15, 0.2) is 53.0 Å². The van der Waals surface area contributed by atoms with Crippen LogP contribution in [0.3, 0.4) is 0 Å². The van der Waals surface area contributed by atoms with Crippen molar-refractivity contribution in [2.75, 3.05) is 13.2 Å². The second-order valence-electron chi connectivity index (χ2n) is 10.4. The van der Waals surface area contributed by atoms with E-state index in [0.717, 1.165) is 36.2 Å². The van der Waals surface area contributed by atoms with E-state index in [4.69, 9.17) is 4.74 Å². The zero-order valence-corrected chi connectivity index (χ0v) is 20.3. The molecular formula is C27H36O4S. The summed E-state index contributed by atoms with van der Waals surface area (Å²) in [5, 5.41) is 21.0. The van der Waals surface area contributed by atoms with Crippen LogP contribution in [0, 0.1) is 29.6 Å². The molecule has 6 atom stereocenters. The Bertz CT molecular complexity index is 907. The van der Waals surface area contributed by atoms with Crippen molar-refractivity contribution < 1.29 is 19.7 Å². The lowest BCUT2D eigenvalue weighted by molar-refractivity contribution is -0.152. The molecule has 1 aliphatic heterocycles. The van der Waals surface area contributed by atoms with Gasteiger partial charge in [-0.15, -0.1) is 11.8 Å². The molecule has 32 heavy (non-hydrogen) atoms. The molecule has 1 aromatic carbocycles. The summed E-state index contributed by atoms with van der Waals surface area (Å²) in [6.45, 7) is 11.2. The smallest absolute Gasteiger partial charge is 0.335 e. The summed E-state index contributed by atoms with van der Waals surface area (Å²) in [7, 11) is 0. The van der Waals surface area contributed by atoms with E-state index in [1.807, 2.05) is 13.0 Å². The molecule has 3 aliphatic rings. The number of thioether (sulfide) groups is 1. The predicted octanol–water partition coefficient (Wildman–Crippen LogP) is 5.07. The second kappa shape index (κ2) is 9.00. The average Bonchev–Trinajstić information content (AvgIpc) is 3.20. The first kappa shape index (κ1) is 23.6. The molecule has 0 spiro atoms. The van der Waals surface area contributed by atoms with E-state index in [0.29, 0.717) is 13.0 Å². The summed E-state index contributed by atoms with van der Waals surface area (Å²) in [6.07, 6.45) is 5.70. The van der Waals surface area contributed by atoms with Gasteiger partial charge in [0.2, 0.25) is 0 Å². The van der Waals surface area contributed by atoms with Crippen LogP contribution in [0.2, 0.25) is 0 Å². The molecule has 4 nitrogen and oxygen atoms in total. The number of aliphatic hydroxyl groups is 2. The van der Waals surface area contributed by atoms with Crippen molar-refractivity contribution in [3.63, 3.8) is 0 Å². The number of cyclic esters (lactones) is 1. The third-order valence-corrected chi connectivity index (χ3v) is 9.82. The van der Waals surface area contributed by atoms with Crippen molar-refractivity contribution >= 4 is 17.7 Å². The van der Waals surface area contributed by atoms with Gasteiger partial charge < -0.3 is 14.9 Å². The maximum Gasteiger partial charge on any atom is 0.335 e. The number of carbonyl (C=O) groups excluding carboxylic acids is 1. The summed E-state index contributed by atoms with van der Waals surface area (Å²) < 4.78 is 5.28. The van der Waals surface area contributed by atoms with Crippen LogP contribution in [0.1, 0.15) is 51.5 Å². The van der Waals surface area contributed by atoms with E-state index in [2.05, 4.69) is 44.7 Å². The third-order valence-electron chi connectivity index (χ3n) is 8.54. The van der Waals surface area contributed by atoms with Gasteiger partial charge in [-0.3, -0.25) is 0 Å². The summed E-state index contributed by atoms with van der Waals surface area (Å²) in [5.41, 5.74) is 2.64. The van der Waals surface area contributed by atoms with E-state index in [1.54, 1.807) is 11.8 Å². The maximum atomic E-state index is 12.5. The molecule has 2 aliphatic carbocycles. The molecule has 4 rings (SSSR count). The minimum atomic E-state index is -0.503. The van der Waals surface area contributed by atoms with Crippen molar-refractivity contribution in [2.45, 2.75) is 69.1 Å². The Balaban J connectivity index is 1.66. The Morgan fingerprint density at radius 2 is 1.97 bits per heavy atom. The molecule has 2 fully saturated rings. The van der Waals surface area contributed by atoms with E-state index in [-0.39, 0.29) is 35.1 Å². The Hall–Kier alpha value is -1.56. The van der Waals surface area contributed by atoms with E-state index in [1.165, 1.54) is 11.1 Å². The quantitative estimate of drug-likeness (QED) is 0.355. The van der Waals surface area contributed by atoms with Gasteiger partial charge in [-0.05, 0) is 74.5 Å². The number of aryl methyl sites for hydroxylation is 1. The summed E-state index contributed by atoms with van der Waals surface area (Å²) in [6, 6.07) is 8.45. The number of fused-ring (bicyclic) bond motifs is 1. The second-order valence-corrected chi connectivity index (χ2v) is 11.7. The fourth-order valence-corrected chi connectivity index (χ4v) is 7.74. The van der Waals surface area contributed by atoms with Crippen LogP contribution in [-0.2, 0) is 9.53 Å². The summed E-state index contributed by atoms with van der Waals surface area (Å²) in [4.78, 5) is 13.7.